The maximum absolute atomic E-state index is 12.0. The highest BCUT2D eigenvalue weighted by atomic mass is 16.1. The van der Waals surface area contributed by atoms with E-state index in [0.29, 0.717) is 11.3 Å². The third-order valence-electron chi connectivity index (χ3n) is 2.77. The van der Waals surface area contributed by atoms with Gasteiger partial charge in [0.2, 0.25) is 0 Å². The number of pyridine rings is 1. The number of carbonyl (C=O) groups is 1. The van der Waals surface area contributed by atoms with Gasteiger partial charge < -0.3 is 5.32 Å². The van der Waals surface area contributed by atoms with Gasteiger partial charge in [0.05, 0.1) is 5.56 Å². The van der Waals surface area contributed by atoms with Crippen molar-refractivity contribution >= 4 is 11.6 Å². The molecule has 4 nitrogen and oxygen atoms in total. The van der Waals surface area contributed by atoms with Crippen molar-refractivity contribution in [2.75, 3.05) is 5.32 Å². The van der Waals surface area contributed by atoms with Crippen LogP contribution < -0.4 is 5.32 Å². The van der Waals surface area contributed by atoms with Crippen molar-refractivity contribution in [1.29, 1.82) is 5.26 Å². The molecule has 0 aliphatic heterocycles. The van der Waals surface area contributed by atoms with Crippen LogP contribution in [0.4, 0.5) is 5.69 Å². The lowest BCUT2D eigenvalue weighted by Crippen LogP contribution is -2.14. The molecule has 1 aromatic carbocycles. The van der Waals surface area contributed by atoms with E-state index in [0.717, 1.165) is 17.7 Å². The fraction of sp³-hybridized carbons (Fsp3) is 0.133. The molecule has 1 heterocycles. The summed E-state index contributed by atoms with van der Waals surface area (Å²) in [6.45, 7) is 2.03. The van der Waals surface area contributed by atoms with Gasteiger partial charge in [0.25, 0.3) is 5.91 Å². The number of amides is 1. The highest BCUT2D eigenvalue weighted by Crippen LogP contribution is 2.16. The van der Waals surface area contributed by atoms with Gasteiger partial charge in [0.1, 0.15) is 11.8 Å². The quantitative estimate of drug-likeness (QED) is 0.912. The Morgan fingerprint density at radius 1 is 1.32 bits per heavy atom. The molecule has 19 heavy (non-hydrogen) atoms. The van der Waals surface area contributed by atoms with Crippen molar-refractivity contribution in [2.24, 2.45) is 0 Å². The first kappa shape index (κ1) is 12.8. The molecule has 0 spiro atoms. The predicted molar refractivity (Wildman–Crippen MR) is 72.7 cm³/mol. The monoisotopic (exact) mass is 251 g/mol. The smallest absolute Gasteiger partial charge is 0.274 e. The standard InChI is InChI=1S/C15H13N3O/c1-2-12-5-3-4-6-13(12)18-15(19)14-8-7-11(9-16)10-17-14/h3-8,10H,2H2,1H3,(H,18,19). The maximum atomic E-state index is 12.0. The van der Waals surface area contributed by atoms with Crippen molar-refractivity contribution in [2.45, 2.75) is 13.3 Å². The molecule has 4 heteroatoms. The molecule has 2 rings (SSSR count). The van der Waals surface area contributed by atoms with Crippen LogP contribution in [0.3, 0.4) is 0 Å². The number of para-hydroxylation sites is 1. The van der Waals surface area contributed by atoms with Gasteiger partial charge in [-0.05, 0) is 30.2 Å². The Labute approximate surface area is 111 Å². The van der Waals surface area contributed by atoms with Gasteiger partial charge in [-0.3, -0.25) is 4.79 Å². The average molecular weight is 251 g/mol. The number of aryl methyl sites for hydroxylation is 1. The van der Waals surface area contributed by atoms with E-state index in [9.17, 15) is 4.79 Å². The van der Waals surface area contributed by atoms with E-state index in [4.69, 9.17) is 5.26 Å². The van der Waals surface area contributed by atoms with E-state index in [1.165, 1.54) is 6.20 Å². The second kappa shape index (κ2) is 5.78. The number of rotatable bonds is 3. The van der Waals surface area contributed by atoms with E-state index >= 15 is 0 Å². The molecule has 1 N–H and O–H groups in total. The van der Waals surface area contributed by atoms with Gasteiger partial charge in [-0.25, -0.2) is 4.98 Å². The highest BCUT2D eigenvalue weighted by Gasteiger charge is 2.09. The fourth-order valence-corrected chi connectivity index (χ4v) is 1.73. The predicted octanol–water partition coefficient (Wildman–Crippen LogP) is 2.77. The van der Waals surface area contributed by atoms with Crippen molar-refractivity contribution in [3.05, 3.63) is 59.4 Å². The number of anilines is 1. The van der Waals surface area contributed by atoms with E-state index in [1.54, 1.807) is 12.1 Å². The van der Waals surface area contributed by atoms with Crippen LogP contribution in [0.5, 0.6) is 0 Å². The van der Waals surface area contributed by atoms with Crippen LogP contribution in [0.15, 0.2) is 42.6 Å². The summed E-state index contributed by atoms with van der Waals surface area (Å²) in [5, 5.41) is 11.5. The molecule has 0 aliphatic carbocycles. The molecule has 0 bridgehead atoms. The van der Waals surface area contributed by atoms with E-state index in [1.807, 2.05) is 37.3 Å². The van der Waals surface area contributed by atoms with Crippen molar-refractivity contribution in [1.82, 2.24) is 4.98 Å². The van der Waals surface area contributed by atoms with Gasteiger partial charge >= 0.3 is 0 Å². The third-order valence-corrected chi connectivity index (χ3v) is 2.77. The zero-order valence-electron chi connectivity index (χ0n) is 10.6. The number of nitriles is 1. The van der Waals surface area contributed by atoms with Crippen molar-refractivity contribution in [3.8, 4) is 6.07 Å². The topological polar surface area (TPSA) is 65.8 Å². The van der Waals surface area contributed by atoms with Gasteiger partial charge in [-0.2, -0.15) is 5.26 Å². The summed E-state index contributed by atoms with van der Waals surface area (Å²) in [5.74, 6) is -0.273. The summed E-state index contributed by atoms with van der Waals surface area (Å²) in [6, 6.07) is 12.7. The Morgan fingerprint density at radius 3 is 2.74 bits per heavy atom. The molecule has 94 valence electrons. The summed E-state index contributed by atoms with van der Waals surface area (Å²) < 4.78 is 0. The van der Waals surface area contributed by atoms with Crippen LogP contribution in [0.2, 0.25) is 0 Å². The summed E-state index contributed by atoms with van der Waals surface area (Å²) in [6.07, 6.45) is 2.23. The van der Waals surface area contributed by atoms with E-state index < -0.39 is 0 Å². The second-order valence-electron chi connectivity index (χ2n) is 4.01. The molecule has 1 aromatic heterocycles. The Bertz CT molecular complexity index is 627. The Hall–Kier alpha value is -2.67. The lowest BCUT2D eigenvalue weighted by atomic mass is 10.1. The lowest BCUT2D eigenvalue weighted by molar-refractivity contribution is 0.102. The van der Waals surface area contributed by atoms with E-state index in [-0.39, 0.29) is 5.91 Å². The van der Waals surface area contributed by atoms with Crippen LogP contribution in [-0.4, -0.2) is 10.9 Å². The lowest BCUT2D eigenvalue weighted by Gasteiger charge is -2.09. The number of benzene rings is 1. The number of nitrogens with zero attached hydrogens (tertiary/aromatic N) is 2. The molecule has 1 amide bonds. The van der Waals surface area contributed by atoms with Gasteiger partial charge in [0, 0.05) is 11.9 Å². The molecule has 2 aromatic rings. The Morgan fingerprint density at radius 2 is 2.11 bits per heavy atom. The van der Waals surface area contributed by atoms with Crippen LogP contribution in [0.25, 0.3) is 0 Å². The first-order valence-corrected chi connectivity index (χ1v) is 6.00. The minimum Gasteiger partial charge on any atom is -0.320 e. The number of nitrogens with one attached hydrogen (secondary N) is 1. The summed E-state index contributed by atoms with van der Waals surface area (Å²) >= 11 is 0. The Balaban J connectivity index is 2.18. The average Bonchev–Trinajstić information content (AvgIpc) is 2.48. The molecular weight excluding hydrogens is 238 g/mol. The highest BCUT2D eigenvalue weighted by molar-refractivity contribution is 6.03. The van der Waals surface area contributed by atoms with Crippen molar-refractivity contribution < 1.29 is 4.79 Å². The largest absolute Gasteiger partial charge is 0.320 e. The molecule has 0 fully saturated rings. The normalized spacial score (nSPS) is 9.68. The van der Waals surface area contributed by atoms with Gasteiger partial charge in [-0.1, -0.05) is 25.1 Å². The van der Waals surface area contributed by atoms with Crippen LogP contribution in [-0.2, 0) is 6.42 Å². The first-order chi connectivity index (χ1) is 9.24. The number of aromatic nitrogens is 1. The zero-order valence-corrected chi connectivity index (χ0v) is 10.6. The first-order valence-electron chi connectivity index (χ1n) is 6.00. The molecular formula is C15H13N3O. The summed E-state index contributed by atoms with van der Waals surface area (Å²) in [5.41, 5.74) is 2.60. The minimum atomic E-state index is -0.273. The fourth-order valence-electron chi connectivity index (χ4n) is 1.73. The molecule has 0 saturated heterocycles. The number of carbonyl (C=O) groups excluding carboxylic acids is 1. The maximum Gasteiger partial charge on any atom is 0.274 e. The van der Waals surface area contributed by atoms with Crippen molar-refractivity contribution in [3.63, 3.8) is 0 Å². The molecule has 0 unspecified atom stereocenters. The van der Waals surface area contributed by atoms with Crippen LogP contribution in [0, 0.1) is 11.3 Å². The van der Waals surface area contributed by atoms with Gasteiger partial charge in [0.15, 0.2) is 0 Å². The minimum absolute atomic E-state index is 0.273. The zero-order chi connectivity index (χ0) is 13.7. The molecule has 0 radical (unpaired) electrons. The summed E-state index contributed by atoms with van der Waals surface area (Å²) in [7, 11) is 0. The molecule has 0 atom stereocenters. The molecule has 0 saturated carbocycles. The summed E-state index contributed by atoms with van der Waals surface area (Å²) in [4.78, 5) is 16.0. The number of hydrogen-bond acceptors (Lipinski definition) is 3. The van der Waals surface area contributed by atoms with Gasteiger partial charge in [-0.15, -0.1) is 0 Å². The number of hydrogen-bond donors (Lipinski definition) is 1. The Kier molecular flexibility index (Phi) is 3.89. The van der Waals surface area contributed by atoms with Crippen LogP contribution in [0.1, 0.15) is 28.5 Å². The SMILES string of the molecule is CCc1ccccc1NC(=O)c1ccc(C#N)cn1. The second-order valence-corrected chi connectivity index (χ2v) is 4.01. The molecule has 0 aliphatic rings. The van der Waals surface area contributed by atoms with E-state index in [2.05, 4.69) is 10.3 Å². The van der Waals surface area contributed by atoms with Crippen LogP contribution >= 0.6 is 0 Å². The third kappa shape index (κ3) is 2.96.